The molecule has 0 bridgehead atoms. The molecule has 7 heteroatoms. The van der Waals surface area contributed by atoms with Crippen molar-refractivity contribution < 1.29 is 13.2 Å². The van der Waals surface area contributed by atoms with E-state index in [1.165, 1.54) is 43.3 Å². The molecule has 1 saturated carbocycles. The Labute approximate surface area is 158 Å². The van der Waals surface area contributed by atoms with Crippen LogP contribution in [0.1, 0.15) is 37.7 Å². The molecule has 1 heterocycles. The van der Waals surface area contributed by atoms with Gasteiger partial charge in [0.25, 0.3) is 5.91 Å². The number of benzene rings is 1. The predicted octanol–water partition coefficient (Wildman–Crippen LogP) is 4.15. The molecular weight excluding hydrogens is 368 g/mol. The number of nitrogens with one attached hydrogen (secondary N) is 1. The molecule has 0 saturated heterocycles. The summed E-state index contributed by atoms with van der Waals surface area (Å²) in [5.41, 5.74) is 1.27. The zero-order chi connectivity index (χ0) is 18.6. The van der Waals surface area contributed by atoms with Crippen molar-refractivity contribution in [1.82, 2.24) is 4.98 Å². The summed E-state index contributed by atoms with van der Waals surface area (Å²) in [4.78, 5) is 17.1. The van der Waals surface area contributed by atoms with Crippen LogP contribution in [0.15, 0.2) is 46.8 Å². The number of nitrogens with zero attached hydrogens (tertiary/aromatic N) is 1. The normalized spacial score (nSPS) is 16.0. The number of hydrogen-bond acceptors (Lipinski definition) is 5. The van der Waals surface area contributed by atoms with Gasteiger partial charge in [0.15, 0.2) is 15.0 Å². The highest BCUT2D eigenvalue weighted by Gasteiger charge is 2.18. The van der Waals surface area contributed by atoms with Crippen LogP contribution in [0, 0.1) is 5.92 Å². The summed E-state index contributed by atoms with van der Waals surface area (Å²) in [6.07, 6.45) is 10.6. The number of carbonyl (C=O) groups is 1. The molecule has 0 radical (unpaired) electrons. The van der Waals surface area contributed by atoms with Gasteiger partial charge >= 0.3 is 0 Å². The number of rotatable bonds is 6. The second-order valence-corrected chi connectivity index (χ2v) is 9.50. The van der Waals surface area contributed by atoms with Crippen LogP contribution in [0.25, 0.3) is 5.57 Å². The minimum absolute atomic E-state index is 0.218. The summed E-state index contributed by atoms with van der Waals surface area (Å²) in [6, 6.07) is 6.48. The summed E-state index contributed by atoms with van der Waals surface area (Å²) >= 11 is 1.36. The van der Waals surface area contributed by atoms with E-state index < -0.39 is 9.84 Å². The van der Waals surface area contributed by atoms with Gasteiger partial charge in [0.2, 0.25) is 0 Å². The van der Waals surface area contributed by atoms with Crippen LogP contribution in [0.3, 0.4) is 0 Å². The van der Waals surface area contributed by atoms with Crippen molar-refractivity contribution >= 4 is 37.8 Å². The monoisotopic (exact) mass is 390 g/mol. The first kappa shape index (κ1) is 18.8. The molecule has 5 nitrogen and oxygen atoms in total. The molecule has 3 rings (SSSR count). The third-order valence-corrected chi connectivity index (χ3v) is 6.44. The van der Waals surface area contributed by atoms with E-state index >= 15 is 0 Å². The Morgan fingerprint density at radius 3 is 2.54 bits per heavy atom. The summed E-state index contributed by atoms with van der Waals surface area (Å²) in [5.74, 6) is 0.401. The van der Waals surface area contributed by atoms with E-state index in [9.17, 15) is 13.2 Å². The lowest BCUT2D eigenvalue weighted by atomic mass is 9.98. The average Bonchev–Trinajstić information content (AvgIpc) is 3.28. The van der Waals surface area contributed by atoms with Crippen molar-refractivity contribution in [2.24, 2.45) is 5.92 Å². The third kappa shape index (κ3) is 4.80. The first-order valence-electron chi connectivity index (χ1n) is 8.65. The molecule has 1 aliphatic rings. The minimum Gasteiger partial charge on any atom is -0.298 e. The van der Waals surface area contributed by atoms with E-state index in [0.717, 1.165) is 6.42 Å². The van der Waals surface area contributed by atoms with Crippen molar-refractivity contribution in [1.29, 1.82) is 0 Å². The molecule has 26 heavy (non-hydrogen) atoms. The molecule has 1 aliphatic carbocycles. The molecule has 1 aromatic carbocycles. The smallest absolute Gasteiger partial charge is 0.257 e. The number of allylic oxidation sites excluding steroid dienone is 1. The number of amides is 1. The largest absolute Gasteiger partial charge is 0.298 e. The van der Waals surface area contributed by atoms with E-state index in [2.05, 4.69) is 10.3 Å². The maximum atomic E-state index is 12.8. The van der Waals surface area contributed by atoms with Gasteiger partial charge in [-0.1, -0.05) is 43.9 Å². The molecule has 1 N–H and O–H groups in total. The first-order chi connectivity index (χ1) is 12.4. The topological polar surface area (TPSA) is 76.1 Å². The number of aromatic nitrogens is 1. The van der Waals surface area contributed by atoms with Crippen LogP contribution in [0.2, 0.25) is 0 Å². The summed E-state index contributed by atoms with van der Waals surface area (Å²) in [5, 5.41) is 5.18. The van der Waals surface area contributed by atoms with Crippen molar-refractivity contribution in [2.45, 2.75) is 37.0 Å². The fourth-order valence-electron chi connectivity index (χ4n) is 3.20. The predicted molar refractivity (Wildman–Crippen MR) is 105 cm³/mol. The third-order valence-electron chi connectivity index (χ3n) is 4.62. The van der Waals surface area contributed by atoms with Crippen LogP contribution in [-0.4, -0.2) is 25.6 Å². The van der Waals surface area contributed by atoms with E-state index in [0.29, 0.717) is 22.2 Å². The summed E-state index contributed by atoms with van der Waals surface area (Å²) in [7, 11) is -3.26. The fourth-order valence-corrected chi connectivity index (χ4v) is 4.36. The van der Waals surface area contributed by atoms with E-state index in [-0.39, 0.29) is 10.8 Å². The van der Waals surface area contributed by atoms with Gasteiger partial charge in [0, 0.05) is 23.4 Å². The molecule has 1 fully saturated rings. The molecule has 1 aromatic heterocycles. The van der Waals surface area contributed by atoms with Gasteiger partial charge in [-0.05, 0) is 30.0 Å². The SMILES string of the molecule is CS(=O)(=O)c1ccc(/C(=C\CC2CCCC2)C(=O)Nc2nccs2)cc1. The maximum Gasteiger partial charge on any atom is 0.257 e. The zero-order valence-corrected chi connectivity index (χ0v) is 16.3. The van der Waals surface area contributed by atoms with Gasteiger partial charge in [-0.2, -0.15) is 0 Å². The average molecular weight is 391 g/mol. The Morgan fingerprint density at radius 2 is 1.96 bits per heavy atom. The molecule has 138 valence electrons. The minimum atomic E-state index is -3.26. The number of thiazole rings is 1. The van der Waals surface area contributed by atoms with Gasteiger partial charge in [-0.25, -0.2) is 13.4 Å². The Bertz CT molecular complexity index is 879. The van der Waals surface area contributed by atoms with E-state index in [1.54, 1.807) is 35.8 Å². The van der Waals surface area contributed by atoms with Crippen LogP contribution in [-0.2, 0) is 14.6 Å². The lowest BCUT2D eigenvalue weighted by molar-refractivity contribution is -0.111. The maximum absolute atomic E-state index is 12.8. The van der Waals surface area contributed by atoms with Gasteiger partial charge in [-0.15, -0.1) is 11.3 Å². The van der Waals surface area contributed by atoms with Gasteiger partial charge in [0.05, 0.1) is 4.90 Å². The van der Waals surface area contributed by atoms with Gasteiger partial charge < -0.3 is 0 Å². The molecule has 1 amide bonds. The second kappa shape index (κ2) is 8.14. The molecule has 0 unspecified atom stereocenters. The van der Waals surface area contributed by atoms with Crippen LogP contribution in [0.4, 0.5) is 5.13 Å². The quantitative estimate of drug-likeness (QED) is 0.752. The zero-order valence-electron chi connectivity index (χ0n) is 14.6. The molecule has 0 spiro atoms. The second-order valence-electron chi connectivity index (χ2n) is 6.59. The highest BCUT2D eigenvalue weighted by atomic mass is 32.2. The number of sulfone groups is 1. The van der Waals surface area contributed by atoms with Crippen molar-refractivity contribution in [2.75, 3.05) is 11.6 Å². The van der Waals surface area contributed by atoms with Crippen LogP contribution < -0.4 is 5.32 Å². The lowest BCUT2D eigenvalue weighted by Crippen LogP contribution is -2.14. The van der Waals surface area contributed by atoms with E-state index in [4.69, 9.17) is 0 Å². The lowest BCUT2D eigenvalue weighted by Gasteiger charge is -2.11. The Balaban J connectivity index is 1.86. The molecule has 0 aliphatic heterocycles. The Hall–Kier alpha value is -1.99. The van der Waals surface area contributed by atoms with Gasteiger partial charge in [-0.3, -0.25) is 10.1 Å². The fraction of sp³-hybridized carbons (Fsp3) is 0.368. The number of anilines is 1. The highest BCUT2D eigenvalue weighted by Crippen LogP contribution is 2.30. The highest BCUT2D eigenvalue weighted by molar-refractivity contribution is 7.90. The Kier molecular flexibility index (Phi) is 5.88. The van der Waals surface area contributed by atoms with Crippen molar-refractivity contribution in [3.63, 3.8) is 0 Å². The van der Waals surface area contributed by atoms with E-state index in [1.807, 2.05) is 6.08 Å². The van der Waals surface area contributed by atoms with Crippen LogP contribution in [0.5, 0.6) is 0 Å². The summed E-state index contributed by atoms with van der Waals surface area (Å²) < 4.78 is 23.3. The molecule has 2 aromatic rings. The van der Waals surface area contributed by atoms with Crippen molar-refractivity contribution in [3.8, 4) is 0 Å². The van der Waals surface area contributed by atoms with Gasteiger partial charge in [0.1, 0.15) is 0 Å². The van der Waals surface area contributed by atoms with Crippen LogP contribution >= 0.6 is 11.3 Å². The first-order valence-corrected chi connectivity index (χ1v) is 11.4. The molecular formula is C19H22N2O3S2. The molecule has 0 atom stereocenters. The standard InChI is InChI=1S/C19H22N2O3S2/c1-26(23,24)16-9-7-15(8-10-16)17(11-6-14-4-2-3-5-14)18(22)21-19-20-12-13-25-19/h7-14H,2-6H2,1H3,(H,20,21,22)/b17-11+. The number of carbonyl (C=O) groups excluding carboxylic acids is 1. The summed E-state index contributed by atoms with van der Waals surface area (Å²) in [6.45, 7) is 0. The van der Waals surface area contributed by atoms with Crippen molar-refractivity contribution in [3.05, 3.63) is 47.5 Å². The number of hydrogen-bond donors (Lipinski definition) is 1. The Morgan fingerprint density at radius 1 is 1.27 bits per heavy atom.